The van der Waals surface area contributed by atoms with E-state index < -0.39 is 0 Å². The van der Waals surface area contributed by atoms with Crippen LogP contribution in [0.25, 0.3) is 0 Å². The molecule has 2 aliphatic rings. The molecule has 0 bridgehead atoms. The molecule has 0 amide bonds. The molecule has 0 atom stereocenters. The molecule has 1 heteroatoms. The van der Waals surface area contributed by atoms with Gasteiger partial charge in [-0.1, -0.05) is 12.2 Å². The molecule has 0 aromatic heterocycles. The molecule has 0 unspecified atom stereocenters. The predicted molar refractivity (Wildman–Crippen MR) is 49.1 cm³/mol. The van der Waals surface area contributed by atoms with Gasteiger partial charge in [-0.15, -0.1) is 12.2 Å². The standard InChI is InChI=1S/C11H11.Zr.H/c1-2-6-10(5-1)9-11-7-3-4-8-11;;/h1-5,7,9H,6,8H2;;/q-1;+2;-1. The number of hydrogen-bond acceptors (Lipinski definition) is 0. The van der Waals surface area contributed by atoms with Crippen molar-refractivity contribution in [2.24, 2.45) is 0 Å². The van der Waals surface area contributed by atoms with Gasteiger partial charge in [-0.2, -0.15) is 29.7 Å². The Kier molecular flexibility index (Phi) is 3.81. The second-order valence-electron chi connectivity index (χ2n) is 2.89. The largest absolute Gasteiger partial charge is 2.00 e. The van der Waals surface area contributed by atoms with Gasteiger partial charge in [-0.3, -0.25) is 0 Å². The average molecular weight is 235 g/mol. The Balaban J connectivity index is 0.000000720. The summed E-state index contributed by atoms with van der Waals surface area (Å²) in [5.41, 5.74) is 2.86. The van der Waals surface area contributed by atoms with E-state index in [1.54, 1.807) is 0 Å². The Morgan fingerprint density at radius 3 is 1.83 bits per heavy atom. The van der Waals surface area contributed by atoms with Crippen LogP contribution in [0.1, 0.15) is 14.3 Å². The summed E-state index contributed by atoms with van der Waals surface area (Å²) in [6.45, 7) is 0. The van der Waals surface area contributed by atoms with Crippen LogP contribution in [0.15, 0.2) is 47.6 Å². The Morgan fingerprint density at radius 2 is 1.50 bits per heavy atom. The summed E-state index contributed by atoms with van der Waals surface area (Å²) in [7, 11) is 0. The fourth-order valence-corrected chi connectivity index (χ4v) is 1.38. The van der Waals surface area contributed by atoms with Crippen molar-refractivity contribution in [3.05, 3.63) is 54.0 Å². The molecule has 12 heavy (non-hydrogen) atoms. The van der Waals surface area contributed by atoms with Gasteiger partial charge in [-0.05, 0) is 12.8 Å². The fraction of sp³-hybridized carbons (Fsp3) is 0.182. The van der Waals surface area contributed by atoms with Crippen molar-refractivity contribution in [1.82, 2.24) is 0 Å². The van der Waals surface area contributed by atoms with Gasteiger partial charge in [0.15, 0.2) is 0 Å². The molecule has 0 saturated heterocycles. The van der Waals surface area contributed by atoms with Gasteiger partial charge < -0.3 is 1.43 Å². The van der Waals surface area contributed by atoms with Gasteiger partial charge in [0.05, 0.1) is 0 Å². The second-order valence-corrected chi connectivity index (χ2v) is 2.89. The zero-order chi connectivity index (χ0) is 7.52. The summed E-state index contributed by atoms with van der Waals surface area (Å²) in [6.07, 6.45) is 17.5. The minimum Gasteiger partial charge on any atom is -1.00 e. The van der Waals surface area contributed by atoms with E-state index >= 15 is 0 Å². The van der Waals surface area contributed by atoms with Crippen LogP contribution in [0.5, 0.6) is 0 Å². The van der Waals surface area contributed by atoms with Crippen molar-refractivity contribution in [1.29, 1.82) is 0 Å². The molecule has 0 radical (unpaired) electrons. The maximum atomic E-state index is 2.28. The molecule has 60 valence electrons. The topological polar surface area (TPSA) is 0 Å². The van der Waals surface area contributed by atoms with Crippen molar-refractivity contribution in [2.75, 3.05) is 0 Å². The number of hydrogen-bond donors (Lipinski definition) is 0. The van der Waals surface area contributed by atoms with Gasteiger partial charge in [0.1, 0.15) is 0 Å². The Morgan fingerprint density at radius 1 is 1.00 bits per heavy atom. The molecule has 2 rings (SSSR count). The third kappa shape index (κ3) is 2.35. The normalized spacial score (nSPS) is 18.7. The first kappa shape index (κ1) is 9.80. The number of rotatable bonds is 2. The minimum atomic E-state index is 0. The van der Waals surface area contributed by atoms with Gasteiger partial charge in [0.25, 0.3) is 0 Å². The van der Waals surface area contributed by atoms with E-state index in [4.69, 9.17) is 0 Å². The summed E-state index contributed by atoms with van der Waals surface area (Å²) in [5, 5.41) is 0. The van der Waals surface area contributed by atoms with Crippen LogP contribution in [0.3, 0.4) is 0 Å². The smallest absolute Gasteiger partial charge is 1.00 e. The van der Waals surface area contributed by atoms with E-state index in [0.29, 0.717) is 0 Å². The average Bonchev–Trinajstić information content (AvgIpc) is 2.60. The molecule has 0 aliphatic heterocycles. The Labute approximate surface area is 94.4 Å². The molecule has 0 fully saturated rings. The molecule has 0 aromatic rings. The van der Waals surface area contributed by atoms with E-state index in [1.165, 1.54) is 11.1 Å². The van der Waals surface area contributed by atoms with Gasteiger partial charge >= 0.3 is 26.2 Å². The van der Waals surface area contributed by atoms with E-state index in [2.05, 4.69) is 42.9 Å². The SMILES string of the molecule is C1=CCC([CH-]C2=CC=CC2)=C1.[H-].[Zr+2]. The maximum Gasteiger partial charge on any atom is 2.00 e. The van der Waals surface area contributed by atoms with Crippen LogP contribution >= 0.6 is 0 Å². The molecule has 2 aliphatic carbocycles. The Bertz CT molecular complexity index is 244. The summed E-state index contributed by atoms with van der Waals surface area (Å²) in [5.74, 6) is 0. The van der Waals surface area contributed by atoms with Crippen LogP contribution in [-0.4, -0.2) is 0 Å². The van der Waals surface area contributed by atoms with Crippen molar-refractivity contribution in [2.45, 2.75) is 12.8 Å². The minimum absolute atomic E-state index is 0. The molecule has 0 saturated carbocycles. The fourth-order valence-electron chi connectivity index (χ4n) is 1.38. The first-order chi connectivity index (χ1) is 5.45. The van der Waals surface area contributed by atoms with Crippen LogP contribution in [0, 0.1) is 6.42 Å². The summed E-state index contributed by atoms with van der Waals surface area (Å²) < 4.78 is 0. The van der Waals surface area contributed by atoms with E-state index in [1.807, 2.05) is 0 Å². The molecule has 0 spiro atoms. The van der Waals surface area contributed by atoms with Crippen molar-refractivity contribution >= 4 is 0 Å². The quantitative estimate of drug-likeness (QED) is 0.645. The molecule has 0 heterocycles. The Hall–Kier alpha value is -0.287. The van der Waals surface area contributed by atoms with Crippen molar-refractivity contribution in [3.63, 3.8) is 0 Å². The summed E-state index contributed by atoms with van der Waals surface area (Å²) >= 11 is 0. The summed E-state index contributed by atoms with van der Waals surface area (Å²) in [6, 6.07) is 0. The zero-order valence-electron chi connectivity index (χ0n) is 7.96. The predicted octanol–water partition coefficient (Wildman–Crippen LogP) is 3.07. The third-order valence-electron chi connectivity index (χ3n) is 1.97. The van der Waals surface area contributed by atoms with Gasteiger partial charge in [-0.25, -0.2) is 0 Å². The van der Waals surface area contributed by atoms with Crippen LogP contribution in [0.4, 0.5) is 0 Å². The van der Waals surface area contributed by atoms with E-state index in [0.717, 1.165) is 12.8 Å². The van der Waals surface area contributed by atoms with Crippen LogP contribution < -0.4 is 0 Å². The molecular formula is C11H12Zr. The van der Waals surface area contributed by atoms with Crippen LogP contribution in [-0.2, 0) is 26.2 Å². The number of allylic oxidation sites excluding steroid dienone is 8. The van der Waals surface area contributed by atoms with Crippen molar-refractivity contribution < 1.29 is 27.6 Å². The molecule has 0 nitrogen and oxygen atoms in total. The first-order valence-electron chi connectivity index (χ1n) is 4.01. The molecular weight excluding hydrogens is 223 g/mol. The van der Waals surface area contributed by atoms with Crippen LogP contribution in [0.2, 0.25) is 0 Å². The second kappa shape index (κ2) is 4.67. The van der Waals surface area contributed by atoms with E-state index in [-0.39, 0.29) is 27.6 Å². The van der Waals surface area contributed by atoms with Gasteiger partial charge in [0, 0.05) is 0 Å². The van der Waals surface area contributed by atoms with Gasteiger partial charge in [0.2, 0.25) is 0 Å². The van der Waals surface area contributed by atoms with E-state index in [9.17, 15) is 0 Å². The first-order valence-corrected chi connectivity index (χ1v) is 4.01. The summed E-state index contributed by atoms with van der Waals surface area (Å²) in [4.78, 5) is 0. The molecule has 0 aromatic carbocycles. The van der Waals surface area contributed by atoms with Crippen molar-refractivity contribution in [3.8, 4) is 0 Å². The monoisotopic (exact) mass is 234 g/mol. The zero-order valence-corrected chi connectivity index (χ0v) is 9.41. The molecule has 0 N–H and O–H groups in total. The third-order valence-corrected chi connectivity index (χ3v) is 1.97. The maximum absolute atomic E-state index is 2.28.